The van der Waals surface area contributed by atoms with E-state index >= 15 is 0 Å². The van der Waals surface area contributed by atoms with Crippen LogP contribution >= 0.6 is 0 Å². The third-order valence-corrected chi connectivity index (χ3v) is 3.56. The van der Waals surface area contributed by atoms with Gasteiger partial charge in [-0.15, -0.1) is 0 Å². The maximum Gasteiger partial charge on any atom is 0.118 e. The number of rotatable bonds is 6. The molecule has 1 aromatic rings. The highest BCUT2D eigenvalue weighted by Crippen LogP contribution is 2.29. The fourth-order valence-electron chi connectivity index (χ4n) is 2.81. The Morgan fingerprint density at radius 3 is 2.83 bits per heavy atom. The van der Waals surface area contributed by atoms with Gasteiger partial charge in [0.25, 0.3) is 0 Å². The van der Waals surface area contributed by atoms with E-state index in [0.29, 0.717) is 0 Å². The van der Waals surface area contributed by atoms with Crippen molar-refractivity contribution in [2.75, 3.05) is 40.4 Å². The van der Waals surface area contributed by atoms with E-state index in [-0.39, 0.29) is 5.41 Å². The molecule has 1 saturated heterocycles. The van der Waals surface area contributed by atoms with Crippen LogP contribution in [0.4, 0.5) is 0 Å². The third kappa shape index (κ3) is 3.34. The van der Waals surface area contributed by atoms with E-state index in [9.17, 15) is 0 Å². The van der Waals surface area contributed by atoms with Crippen LogP contribution < -0.4 is 5.32 Å². The number of nitrogens with zero attached hydrogens (tertiary/aromatic N) is 1. The molecule has 0 aromatic carbocycles. The molecule has 0 radical (unpaired) electrons. The summed E-state index contributed by atoms with van der Waals surface area (Å²) in [5.41, 5.74) is 0.255. The molecule has 0 aliphatic carbocycles. The van der Waals surface area contributed by atoms with Crippen LogP contribution in [0.2, 0.25) is 0 Å². The van der Waals surface area contributed by atoms with Crippen LogP contribution in [-0.4, -0.2) is 45.3 Å². The predicted octanol–water partition coefficient (Wildman–Crippen LogP) is 1.65. The van der Waals surface area contributed by atoms with Crippen molar-refractivity contribution in [3.8, 4) is 0 Å². The number of ether oxygens (including phenoxy) is 1. The van der Waals surface area contributed by atoms with Crippen molar-refractivity contribution in [2.24, 2.45) is 5.41 Å². The lowest BCUT2D eigenvalue weighted by atomic mass is 9.86. The Bertz CT molecular complexity index is 370. The van der Waals surface area contributed by atoms with Gasteiger partial charge in [0.15, 0.2) is 0 Å². The molecular weight excluding hydrogens is 228 g/mol. The summed E-state index contributed by atoms with van der Waals surface area (Å²) >= 11 is 0. The molecule has 4 heteroatoms. The SMILES string of the molecule is CNCC1(CN(C)Cc2ccc(C)o2)CCOC1. The summed E-state index contributed by atoms with van der Waals surface area (Å²) in [4.78, 5) is 2.32. The van der Waals surface area contributed by atoms with Crippen LogP contribution in [-0.2, 0) is 11.3 Å². The average molecular weight is 252 g/mol. The first-order chi connectivity index (χ1) is 8.63. The summed E-state index contributed by atoms with van der Waals surface area (Å²) in [5, 5.41) is 3.29. The summed E-state index contributed by atoms with van der Waals surface area (Å²) < 4.78 is 11.2. The molecule has 1 fully saturated rings. The zero-order valence-electron chi connectivity index (χ0n) is 11.7. The summed E-state index contributed by atoms with van der Waals surface area (Å²) in [6.07, 6.45) is 1.13. The van der Waals surface area contributed by atoms with Gasteiger partial charge in [0.1, 0.15) is 11.5 Å². The van der Waals surface area contributed by atoms with Gasteiger partial charge in [-0.05, 0) is 39.6 Å². The molecule has 1 unspecified atom stereocenters. The highest BCUT2D eigenvalue weighted by molar-refractivity contribution is 5.05. The van der Waals surface area contributed by atoms with Gasteiger partial charge in [0.05, 0.1) is 13.2 Å². The van der Waals surface area contributed by atoms with Crippen LogP contribution in [0.3, 0.4) is 0 Å². The number of nitrogens with one attached hydrogen (secondary N) is 1. The lowest BCUT2D eigenvalue weighted by molar-refractivity contribution is 0.115. The minimum atomic E-state index is 0.255. The molecule has 1 atom stereocenters. The lowest BCUT2D eigenvalue weighted by Crippen LogP contribution is -2.42. The highest BCUT2D eigenvalue weighted by atomic mass is 16.5. The van der Waals surface area contributed by atoms with Crippen LogP contribution in [0.15, 0.2) is 16.5 Å². The number of furan rings is 1. The lowest BCUT2D eigenvalue weighted by Gasteiger charge is -2.31. The van der Waals surface area contributed by atoms with Crippen molar-refractivity contribution < 1.29 is 9.15 Å². The number of hydrogen-bond acceptors (Lipinski definition) is 4. The van der Waals surface area contributed by atoms with Crippen LogP contribution in [0.25, 0.3) is 0 Å². The summed E-state index contributed by atoms with van der Waals surface area (Å²) in [6, 6.07) is 4.08. The van der Waals surface area contributed by atoms with E-state index in [4.69, 9.17) is 9.15 Å². The zero-order valence-corrected chi connectivity index (χ0v) is 11.7. The number of aryl methyl sites for hydroxylation is 1. The van der Waals surface area contributed by atoms with Crippen LogP contribution in [0.5, 0.6) is 0 Å². The van der Waals surface area contributed by atoms with E-state index in [1.54, 1.807) is 0 Å². The van der Waals surface area contributed by atoms with Gasteiger partial charge in [0.2, 0.25) is 0 Å². The molecule has 1 N–H and O–H groups in total. The predicted molar refractivity (Wildman–Crippen MR) is 71.6 cm³/mol. The summed E-state index contributed by atoms with van der Waals surface area (Å²) in [5.74, 6) is 2.01. The third-order valence-electron chi connectivity index (χ3n) is 3.56. The van der Waals surface area contributed by atoms with Crippen LogP contribution in [0, 0.1) is 12.3 Å². The Labute approximate surface area is 109 Å². The number of hydrogen-bond donors (Lipinski definition) is 1. The first-order valence-corrected chi connectivity index (χ1v) is 6.60. The molecule has 2 heterocycles. The molecule has 1 aromatic heterocycles. The monoisotopic (exact) mass is 252 g/mol. The normalized spacial score (nSPS) is 24.0. The first kappa shape index (κ1) is 13.6. The fourth-order valence-corrected chi connectivity index (χ4v) is 2.81. The zero-order chi connectivity index (χ0) is 13.0. The quantitative estimate of drug-likeness (QED) is 0.835. The maximum atomic E-state index is 5.62. The Kier molecular flexibility index (Phi) is 4.43. The highest BCUT2D eigenvalue weighted by Gasteiger charge is 2.35. The van der Waals surface area contributed by atoms with Gasteiger partial charge in [-0.2, -0.15) is 0 Å². The van der Waals surface area contributed by atoms with E-state index in [1.807, 2.05) is 20.0 Å². The molecular formula is C14H24N2O2. The Balaban J connectivity index is 1.90. The van der Waals surface area contributed by atoms with Gasteiger partial charge in [-0.1, -0.05) is 0 Å². The molecule has 102 valence electrons. The Hall–Kier alpha value is -0.840. The topological polar surface area (TPSA) is 37.6 Å². The second kappa shape index (κ2) is 5.87. The van der Waals surface area contributed by atoms with Crippen molar-refractivity contribution in [1.82, 2.24) is 10.2 Å². The van der Waals surface area contributed by atoms with Gasteiger partial charge in [-0.25, -0.2) is 0 Å². The van der Waals surface area contributed by atoms with Crippen molar-refractivity contribution >= 4 is 0 Å². The van der Waals surface area contributed by atoms with Crippen molar-refractivity contribution in [1.29, 1.82) is 0 Å². The smallest absolute Gasteiger partial charge is 0.118 e. The van der Waals surface area contributed by atoms with Gasteiger partial charge >= 0.3 is 0 Å². The van der Waals surface area contributed by atoms with E-state index in [2.05, 4.69) is 23.3 Å². The van der Waals surface area contributed by atoms with E-state index in [0.717, 1.165) is 50.8 Å². The Morgan fingerprint density at radius 2 is 2.28 bits per heavy atom. The summed E-state index contributed by atoms with van der Waals surface area (Å²) in [7, 11) is 4.16. The molecule has 1 aliphatic heterocycles. The van der Waals surface area contributed by atoms with Gasteiger partial charge < -0.3 is 14.5 Å². The standard InChI is InChI=1S/C14H24N2O2/c1-12-4-5-13(18-12)8-16(3)10-14(9-15-2)6-7-17-11-14/h4-5,15H,6-11H2,1-3H3. The van der Waals surface area contributed by atoms with Crippen LogP contribution in [0.1, 0.15) is 17.9 Å². The molecule has 0 amide bonds. The molecule has 2 rings (SSSR count). The second-order valence-electron chi connectivity index (χ2n) is 5.52. The minimum absolute atomic E-state index is 0.255. The molecule has 1 aliphatic rings. The molecule has 0 saturated carbocycles. The van der Waals surface area contributed by atoms with Crippen molar-refractivity contribution in [3.63, 3.8) is 0 Å². The van der Waals surface area contributed by atoms with Crippen molar-refractivity contribution in [3.05, 3.63) is 23.7 Å². The minimum Gasteiger partial charge on any atom is -0.465 e. The van der Waals surface area contributed by atoms with E-state index in [1.165, 1.54) is 0 Å². The van der Waals surface area contributed by atoms with Crippen molar-refractivity contribution in [2.45, 2.75) is 19.9 Å². The first-order valence-electron chi connectivity index (χ1n) is 6.60. The largest absolute Gasteiger partial charge is 0.465 e. The maximum absolute atomic E-state index is 5.62. The average Bonchev–Trinajstić information content (AvgIpc) is 2.89. The van der Waals surface area contributed by atoms with Gasteiger partial charge in [-0.3, -0.25) is 4.90 Å². The summed E-state index contributed by atoms with van der Waals surface area (Å²) in [6.45, 7) is 6.63. The molecule has 4 nitrogen and oxygen atoms in total. The fraction of sp³-hybridized carbons (Fsp3) is 0.714. The molecule has 0 spiro atoms. The molecule has 18 heavy (non-hydrogen) atoms. The van der Waals surface area contributed by atoms with Gasteiger partial charge in [0, 0.05) is 25.1 Å². The molecule has 0 bridgehead atoms. The van der Waals surface area contributed by atoms with E-state index < -0.39 is 0 Å². The Morgan fingerprint density at radius 1 is 1.44 bits per heavy atom. The second-order valence-corrected chi connectivity index (χ2v) is 5.52.